The lowest BCUT2D eigenvalue weighted by Crippen LogP contribution is -2.47. The zero-order chi connectivity index (χ0) is 15.6. The van der Waals surface area contributed by atoms with Crippen LogP contribution in [-0.2, 0) is 9.84 Å². The van der Waals surface area contributed by atoms with Gasteiger partial charge in [-0.05, 0) is 56.3 Å². The lowest BCUT2D eigenvalue weighted by atomic mass is 9.79. The van der Waals surface area contributed by atoms with Crippen LogP contribution in [0, 0.1) is 11.8 Å². The van der Waals surface area contributed by atoms with Gasteiger partial charge >= 0.3 is 0 Å². The maximum atomic E-state index is 13.0. The number of nitrogens with one attached hydrogen (secondary N) is 1. The molecular formula is C16H24ClNO2S. The summed E-state index contributed by atoms with van der Waals surface area (Å²) in [5, 5.41) is 3.28. The second-order valence-electron chi connectivity index (χ2n) is 6.25. The summed E-state index contributed by atoms with van der Waals surface area (Å²) in [6.45, 7) is 4.35. The Morgan fingerprint density at radius 3 is 2.57 bits per heavy atom. The molecule has 118 valence electrons. The van der Waals surface area contributed by atoms with Crippen LogP contribution in [0.3, 0.4) is 0 Å². The fourth-order valence-corrected chi connectivity index (χ4v) is 5.63. The highest BCUT2D eigenvalue weighted by Gasteiger charge is 2.39. The van der Waals surface area contributed by atoms with E-state index in [0.29, 0.717) is 21.8 Å². The van der Waals surface area contributed by atoms with Gasteiger partial charge in [0.1, 0.15) is 0 Å². The molecule has 3 nitrogen and oxygen atoms in total. The van der Waals surface area contributed by atoms with Gasteiger partial charge in [-0.2, -0.15) is 0 Å². The van der Waals surface area contributed by atoms with Gasteiger partial charge in [0.05, 0.1) is 10.1 Å². The van der Waals surface area contributed by atoms with E-state index < -0.39 is 9.84 Å². The number of sulfone groups is 1. The summed E-state index contributed by atoms with van der Waals surface area (Å²) in [5.41, 5.74) is 0. The third-order valence-electron chi connectivity index (χ3n) is 4.67. The number of hydrogen-bond donors (Lipinski definition) is 1. The molecule has 21 heavy (non-hydrogen) atoms. The van der Waals surface area contributed by atoms with E-state index in [1.807, 2.05) is 7.05 Å². The number of halogens is 1. The van der Waals surface area contributed by atoms with Crippen molar-refractivity contribution in [2.45, 2.75) is 49.3 Å². The third-order valence-corrected chi connectivity index (χ3v) is 7.13. The van der Waals surface area contributed by atoms with Gasteiger partial charge in [-0.1, -0.05) is 31.5 Å². The summed E-state index contributed by atoms with van der Waals surface area (Å²) in [5.74, 6) is 0.980. The second kappa shape index (κ2) is 6.67. The summed E-state index contributed by atoms with van der Waals surface area (Å²) < 4.78 is 26.0. The predicted octanol–water partition coefficient (Wildman–Crippen LogP) is 3.53. The van der Waals surface area contributed by atoms with Crippen molar-refractivity contribution >= 4 is 21.4 Å². The summed E-state index contributed by atoms with van der Waals surface area (Å²) in [7, 11) is -1.51. The highest BCUT2D eigenvalue weighted by atomic mass is 35.5. The summed E-state index contributed by atoms with van der Waals surface area (Å²) >= 11 is 5.96. The van der Waals surface area contributed by atoms with Crippen LogP contribution in [0.1, 0.15) is 33.1 Å². The molecule has 3 atom stereocenters. The van der Waals surface area contributed by atoms with Gasteiger partial charge in [-0.15, -0.1) is 0 Å². The van der Waals surface area contributed by atoms with Crippen molar-refractivity contribution in [1.82, 2.24) is 5.32 Å². The van der Waals surface area contributed by atoms with Crippen LogP contribution in [0.4, 0.5) is 0 Å². The van der Waals surface area contributed by atoms with E-state index in [0.717, 1.165) is 19.3 Å². The highest BCUT2D eigenvalue weighted by molar-refractivity contribution is 7.92. The smallest absolute Gasteiger partial charge is 0.182 e. The zero-order valence-electron chi connectivity index (χ0n) is 12.8. The van der Waals surface area contributed by atoms with Crippen molar-refractivity contribution in [3.63, 3.8) is 0 Å². The molecular weight excluding hydrogens is 306 g/mol. The molecule has 0 aliphatic heterocycles. The monoisotopic (exact) mass is 329 g/mol. The molecule has 2 rings (SSSR count). The van der Waals surface area contributed by atoms with Crippen LogP contribution in [0.5, 0.6) is 0 Å². The SMILES string of the molecule is CNC1CCC(C(C)C)CC1S(=O)(=O)c1cccc(Cl)c1. The maximum Gasteiger partial charge on any atom is 0.182 e. The minimum Gasteiger partial charge on any atom is -0.316 e. The molecule has 0 saturated heterocycles. The molecule has 1 aromatic carbocycles. The molecule has 0 spiro atoms. The normalized spacial score (nSPS) is 27.0. The number of rotatable bonds is 4. The standard InChI is InChI=1S/C16H24ClNO2S/c1-11(2)12-7-8-15(18-3)16(9-12)21(19,20)14-6-4-5-13(17)10-14/h4-6,10-12,15-16,18H,7-9H2,1-3H3. The highest BCUT2D eigenvalue weighted by Crippen LogP contribution is 2.36. The zero-order valence-corrected chi connectivity index (χ0v) is 14.4. The van der Waals surface area contributed by atoms with Crippen molar-refractivity contribution in [3.05, 3.63) is 29.3 Å². The molecule has 0 heterocycles. The molecule has 1 aliphatic rings. The molecule has 0 aromatic heterocycles. The van der Waals surface area contributed by atoms with Crippen LogP contribution < -0.4 is 5.32 Å². The molecule has 5 heteroatoms. The van der Waals surface area contributed by atoms with E-state index >= 15 is 0 Å². The average Bonchev–Trinajstić information content (AvgIpc) is 2.46. The Balaban J connectivity index is 2.35. The van der Waals surface area contributed by atoms with E-state index in [-0.39, 0.29) is 11.3 Å². The van der Waals surface area contributed by atoms with Crippen molar-refractivity contribution in [2.24, 2.45) is 11.8 Å². The second-order valence-corrected chi connectivity index (χ2v) is 8.86. The Bertz CT molecular complexity index is 586. The van der Waals surface area contributed by atoms with Crippen molar-refractivity contribution < 1.29 is 8.42 Å². The van der Waals surface area contributed by atoms with Gasteiger partial charge < -0.3 is 5.32 Å². The largest absolute Gasteiger partial charge is 0.316 e. The molecule has 1 saturated carbocycles. The lowest BCUT2D eigenvalue weighted by Gasteiger charge is -2.37. The molecule has 1 aromatic rings. The quantitative estimate of drug-likeness (QED) is 0.919. The van der Waals surface area contributed by atoms with Crippen LogP contribution in [-0.4, -0.2) is 26.8 Å². The van der Waals surface area contributed by atoms with Gasteiger partial charge in [0.2, 0.25) is 0 Å². The number of benzene rings is 1. The molecule has 0 radical (unpaired) electrons. The Labute approximate surface area is 133 Å². The first-order valence-corrected chi connectivity index (χ1v) is 9.45. The minimum atomic E-state index is -3.36. The fourth-order valence-electron chi connectivity index (χ4n) is 3.26. The van der Waals surface area contributed by atoms with E-state index in [1.54, 1.807) is 24.3 Å². The Morgan fingerprint density at radius 1 is 1.29 bits per heavy atom. The van der Waals surface area contributed by atoms with E-state index in [9.17, 15) is 8.42 Å². The maximum absolute atomic E-state index is 13.0. The van der Waals surface area contributed by atoms with Crippen LogP contribution in [0.25, 0.3) is 0 Å². The number of hydrogen-bond acceptors (Lipinski definition) is 3. The van der Waals surface area contributed by atoms with Gasteiger partial charge in [-0.25, -0.2) is 8.42 Å². The molecule has 1 aliphatic carbocycles. The topological polar surface area (TPSA) is 46.2 Å². The molecule has 0 bridgehead atoms. The lowest BCUT2D eigenvalue weighted by molar-refractivity contribution is 0.246. The van der Waals surface area contributed by atoms with Gasteiger partial charge in [0.15, 0.2) is 9.84 Å². The Hall–Kier alpha value is -0.580. The van der Waals surface area contributed by atoms with Crippen molar-refractivity contribution in [3.8, 4) is 0 Å². The minimum absolute atomic E-state index is 0.0176. The summed E-state index contributed by atoms with van der Waals surface area (Å²) in [4.78, 5) is 0.338. The fraction of sp³-hybridized carbons (Fsp3) is 0.625. The van der Waals surface area contributed by atoms with Gasteiger partial charge in [0, 0.05) is 11.1 Å². The molecule has 1 N–H and O–H groups in total. The molecule has 3 unspecified atom stereocenters. The first-order valence-electron chi connectivity index (χ1n) is 7.53. The molecule has 1 fully saturated rings. The van der Waals surface area contributed by atoms with Crippen LogP contribution in [0.15, 0.2) is 29.2 Å². The first-order chi connectivity index (χ1) is 9.86. The summed E-state index contributed by atoms with van der Waals surface area (Å²) in [6.07, 6.45) is 2.71. The Morgan fingerprint density at radius 2 is 2.00 bits per heavy atom. The predicted molar refractivity (Wildman–Crippen MR) is 87.5 cm³/mol. The van der Waals surface area contributed by atoms with E-state index in [4.69, 9.17) is 11.6 Å². The van der Waals surface area contributed by atoms with E-state index in [2.05, 4.69) is 19.2 Å². The van der Waals surface area contributed by atoms with Crippen LogP contribution in [0.2, 0.25) is 5.02 Å². The summed E-state index contributed by atoms with van der Waals surface area (Å²) in [6, 6.07) is 6.62. The Kier molecular flexibility index (Phi) is 5.33. The first kappa shape index (κ1) is 16.8. The molecule has 0 amide bonds. The van der Waals surface area contributed by atoms with Crippen molar-refractivity contribution in [1.29, 1.82) is 0 Å². The van der Waals surface area contributed by atoms with Crippen LogP contribution >= 0.6 is 11.6 Å². The third kappa shape index (κ3) is 3.61. The average molecular weight is 330 g/mol. The van der Waals surface area contributed by atoms with Gasteiger partial charge in [-0.3, -0.25) is 0 Å². The van der Waals surface area contributed by atoms with E-state index in [1.165, 1.54) is 0 Å². The van der Waals surface area contributed by atoms with Gasteiger partial charge in [0.25, 0.3) is 0 Å². The van der Waals surface area contributed by atoms with Crippen molar-refractivity contribution in [2.75, 3.05) is 7.05 Å².